The maximum Gasteiger partial charge on any atom is 0.192 e. The van der Waals surface area contributed by atoms with Gasteiger partial charge in [-0.3, -0.25) is 0 Å². The van der Waals surface area contributed by atoms with Gasteiger partial charge in [-0.15, -0.1) is 0 Å². The fourth-order valence-corrected chi connectivity index (χ4v) is 8.38. The van der Waals surface area contributed by atoms with Crippen molar-refractivity contribution in [2.45, 2.75) is 102 Å². The Bertz CT molecular complexity index is 598. The molecule has 1 saturated heterocycles. The highest BCUT2D eigenvalue weighted by Gasteiger charge is 2.51. The second kappa shape index (κ2) is 10.5. The van der Waals surface area contributed by atoms with Crippen LogP contribution in [0.2, 0.25) is 18.1 Å². The molecule has 3 rings (SSSR count). The monoisotopic (exact) mass is 420 g/mol. The Hall–Kier alpha value is -0.723. The Morgan fingerprint density at radius 1 is 1.07 bits per heavy atom. The molecule has 164 valence electrons. The molecule has 0 bridgehead atoms. The summed E-state index contributed by atoms with van der Waals surface area (Å²) in [5.74, 6) is 0.758. The third kappa shape index (κ3) is 5.70. The number of aliphatic hydroxyl groups is 2. The molecule has 2 N–H and O–H groups in total. The zero-order chi connectivity index (χ0) is 20.9. The summed E-state index contributed by atoms with van der Waals surface area (Å²) >= 11 is 0. The van der Waals surface area contributed by atoms with Gasteiger partial charge < -0.3 is 19.4 Å². The van der Waals surface area contributed by atoms with Crippen molar-refractivity contribution in [3.8, 4) is 0 Å². The van der Waals surface area contributed by atoms with Crippen LogP contribution in [0.15, 0.2) is 30.3 Å². The molecule has 0 aromatic heterocycles. The van der Waals surface area contributed by atoms with Crippen LogP contribution in [-0.4, -0.2) is 43.1 Å². The Kier molecular flexibility index (Phi) is 8.34. The highest BCUT2D eigenvalue weighted by Crippen LogP contribution is 2.47. The summed E-state index contributed by atoms with van der Waals surface area (Å²) in [6, 6.07) is 13.9. The zero-order valence-electron chi connectivity index (χ0n) is 18.4. The molecular formula is C24H40O4Si. The molecule has 0 amide bonds. The van der Waals surface area contributed by atoms with Gasteiger partial charge >= 0.3 is 0 Å². The summed E-state index contributed by atoms with van der Waals surface area (Å²) in [5, 5.41) is 20.6. The first kappa shape index (κ1) is 23.0. The van der Waals surface area contributed by atoms with E-state index < -0.39 is 14.6 Å². The highest BCUT2D eigenvalue weighted by molar-refractivity contribution is 6.73. The minimum absolute atomic E-state index is 0.124. The summed E-state index contributed by atoms with van der Waals surface area (Å²) in [6.45, 7) is 6.83. The van der Waals surface area contributed by atoms with Crippen LogP contribution in [0.25, 0.3) is 0 Å². The van der Waals surface area contributed by atoms with Gasteiger partial charge in [-0.05, 0) is 67.6 Å². The first-order valence-corrected chi connectivity index (χ1v) is 14.3. The molecule has 0 spiro atoms. The number of hydrogen-bond donors (Lipinski definition) is 2. The average molecular weight is 421 g/mol. The molecule has 6 atom stereocenters. The van der Waals surface area contributed by atoms with Crippen LogP contribution in [0.5, 0.6) is 0 Å². The molecule has 1 aliphatic heterocycles. The van der Waals surface area contributed by atoms with Gasteiger partial charge in [0, 0.05) is 6.42 Å². The maximum absolute atomic E-state index is 10.6. The topological polar surface area (TPSA) is 58.9 Å². The average Bonchev–Trinajstić information content (AvgIpc) is 3.25. The molecule has 5 heteroatoms. The van der Waals surface area contributed by atoms with Gasteiger partial charge in [0.05, 0.1) is 18.3 Å². The molecule has 4 nitrogen and oxygen atoms in total. The largest absolute Gasteiger partial charge is 0.414 e. The molecule has 2 aliphatic rings. The Labute approximate surface area is 177 Å². The molecular weight excluding hydrogens is 380 g/mol. The van der Waals surface area contributed by atoms with Gasteiger partial charge in [0.25, 0.3) is 0 Å². The summed E-state index contributed by atoms with van der Waals surface area (Å²) in [5.41, 5.74) is 1.28. The molecule has 1 unspecified atom stereocenters. The maximum atomic E-state index is 10.6. The summed E-state index contributed by atoms with van der Waals surface area (Å²) in [4.78, 5) is 0. The van der Waals surface area contributed by atoms with E-state index in [1.54, 1.807) is 0 Å². The molecule has 1 aromatic rings. The minimum Gasteiger partial charge on any atom is -0.414 e. The summed E-state index contributed by atoms with van der Waals surface area (Å²) < 4.78 is 12.7. The normalized spacial score (nSPS) is 30.4. The van der Waals surface area contributed by atoms with Crippen LogP contribution in [0.4, 0.5) is 0 Å². The molecule has 1 aromatic carbocycles. The van der Waals surface area contributed by atoms with E-state index in [2.05, 4.69) is 45.0 Å². The SMILES string of the molecule is CC[Si](CC)(CC)O[C@@H]1C[C@@H]2OC(O)C[C@@H]2[C@H]1CC[C@@H](O)CCc1ccccc1. The molecule has 1 heterocycles. The number of aryl methyl sites for hydroxylation is 1. The van der Waals surface area contributed by atoms with E-state index in [4.69, 9.17) is 9.16 Å². The predicted octanol–water partition coefficient (Wildman–Crippen LogP) is 4.89. The Balaban J connectivity index is 1.58. The first-order chi connectivity index (χ1) is 14.0. The van der Waals surface area contributed by atoms with Gasteiger partial charge in [-0.25, -0.2) is 0 Å². The number of aliphatic hydroxyl groups excluding tert-OH is 2. The van der Waals surface area contributed by atoms with Crippen LogP contribution in [0, 0.1) is 11.8 Å². The molecule has 0 radical (unpaired) electrons. The molecule has 1 aliphatic carbocycles. The lowest BCUT2D eigenvalue weighted by molar-refractivity contribution is -0.0946. The second-order valence-electron chi connectivity index (χ2n) is 9.08. The van der Waals surface area contributed by atoms with Crippen LogP contribution in [0.1, 0.15) is 58.4 Å². The van der Waals surface area contributed by atoms with Crippen molar-refractivity contribution in [3.05, 3.63) is 35.9 Å². The number of ether oxygens (including phenoxy) is 1. The van der Waals surface area contributed by atoms with Gasteiger partial charge in [0.1, 0.15) is 0 Å². The summed E-state index contributed by atoms with van der Waals surface area (Å²) in [7, 11) is -1.69. The number of benzene rings is 1. The van der Waals surface area contributed by atoms with E-state index in [-0.39, 0.29) is 18.3 Å². The van der Waals surface area contributed by atoms with Crippen molar-refractivity contribution >= 4 is 8.32 Å². The number of hydrogen-bond acceptors (Lipinski definition) is 4. The van der Waals surface area contributed by atoms with E-state index in [1.165, 1.54) is 5.56 Å². The van der Waals surface area contributed by atoms with E-state index in [1.807, 2.05) is 6.07 Å². The quantitative estimate of drug-likeness (QED) is 0.500. The lowest BCUT2D eigenvalue weighted by atomic mass is 9.86. The first-order valence-electron chi connectivity index (χ1n) is 11.7. The lowest BCUT2D eigenvalue weighted by Gasteiger charge is -2.35. The van der Waals surface area contributed by atoms with Crippen molar-refractivity contribution < 1.29 is 19.4 Å². The third-order valence-electron chi connectivity index (χ3n) is 7.55. The smallest absolute Gasteiger partial charge is 0.192 e. The fraction of sp³-hybridized carbons (Fsp3) is 0.750. The molecule has 1 saturated carbocycles. The van der Waals surface area contributed by atoms with Crippen LogP contribution < -0.4 is 0 Å². The van der Waals surface area contributed by atoms with Crippen LogP contribution >= 0.6 is 0 Å². The van der Waals surface area contributed by atoms with Crippen LogP contribution in [0.3, 0.4) is 0 Å². The van der Waals surface area contributed by atoms with Gasteiger partial charge in [0.2, 0.25) is 0 Å². The van der Waals surface area contributed by atoms with Gasteiger partial charge in [0.15, 0.2) is 14.6 Å². The van der Waals surface area contributed by atoms with Crippen molar-refractivity contribution in [2.24, 2.45) is 11.8 Å². The third-order valence-corrected chi connectivity index (χ3v) is 12.2. The van der Waals surface area contributed by atoms with Crippen molar-refractivity contribution in [1.29, 1.82) is 0 Å². The van der Waals surface area contributed by atoms with Crippen molar-refractivity contribution in [2.75, 3.05) is 0 Å². The lowest BCUT2D eigenvalue weighted by Crippen LogP contribution is -2.42. The van der Waals surface area contributed by atoms with Crippen molar-refractivity contribution in [3.63, 3.8) is 0 Å². The van der Waals surface area contributed by atoms with Crippen LogP contribution in [-0.2, 0) is 15.6 Å². The zero-order valence-corrected chi connectivity index (χ0v) is 19.4. The van der Waals surface area contributed by atoms with E-state index in [9.17, 15) is 10.2 Å². The van der Waals surface area contributed by atoms with Gasteiger partial charge in [-0.1, -0.05) is 51.1 Å². The highest BCUT2D eigenvalue weighted by atomic mass is 28.4. The summed E-state index contributed by atoms with van der Waals surface area (Å²) in [6.07, 6.45) is 4.54. The Morgan fingerprint density at radius 2 is 1.76 bits per heavy atom. The second-order valence-corrected chi connectivity index (χ2v) is 13.8. The fourth-order valence-electron chi connectivity index (χ4n) is 5.47. The number of rotatable bonds is 11. The van der Waals surface area contributed by atoms with Gasteiger partial charge in [-0.2, -0.15) is 0 Å². The minimum atomic E-state index is -1.69. The van der Waals surface area contributed by atoms with E-state index in [0.717, 1.165) is 50.2 Å². The van der Waals surface area contributed by atoms with Crippen molar-refractivity contribution in [1.82, 2.24) is 0 Å². The van der Waals surface area contributed by atoms with E-state index in [0.29, 0.717) is 18.3 Å². The van der Waals surface area contributed by atoms with E-state index >= 15 is 0 Å². The number of fused-ring (bicyclic) bond motifs is 1. The molecule has 2 fully saturated rings. The molecule has 29 heavy (non-hydrogen) atoms. The standard InChI is InChI=1S/C24H40O4Si/c1-4-29(5-2,6-3)28-23-17-22-21(16-24(26)27-22)20(23)15-14-19(25)13-12-18-10-8-7-9-11-18/h7-11,19-26H,4-6,12-17H2,1-3H3/t19-,20+,21+,22-,23+,24?/m0/s1. The predicted molar refractivity (Wildman–Crippen MR) is 119 cm³/mol. The Morgan fingerprint density at radius 3 is 2.41 bits per heavy atom.